The van der Waals surface area contributed by atoms with Gasteiger partial charge in [-0.3, -0.25) is 4.79 Å². The zero-order chi connectivity index (χ0) is 15.8. The quantitative estimate of drug-likeness (QED) is 0.812. The molecule has 5 heteroatoms. The maximum atomic E-state index is 12.0. The normalized spacial score (nSPS) is 12.1. The van der Waals surface area contributed by atoms with Crippen molar-refractivity contribution in [3.63, 3.8) is 0 Å². The molecule has 0 aliphatic heterocycles. The van der Waals surface area contributed by atoms with Gasteiger partial charge in [-0.1, -0.05) is 43.7 Å². The van der Waals surface area contributed by atoms with Crippen LogP contribution in [-0.2, 0) is 24.7 Å². The molecule has 0 unspecified atom stereocenters. The molecule has 1 heterocycles. The molecule has 0 bridgehead atoms. The molecule has 0 aliphatic rings. The van der Waals surface area contributed by atoms with Gasteiger partial charge in [0.05, 0.1) is 0 Å². The van der Waals surface area contributed by atoms with Gasteiger partial charge in [-0.15, -0.1) is 10.2 Å². The molecule has 0 saturated carbocycles. The highest BCUT2D eigenvalue weighted by atomic mass is 16.1. The lowest BCUT2D eigenvalue weighted by Crippen LogP contribution is -2.30. The Bertz CT molecular complexity index is 579. The third-order valence-corrected chi connectivity index (χ3v) is 3.91. The molecule has 0 spiro atoms. The van der Waals surface area contributed by atoms with Gasteiger partial charge in [0, 0.05) is 26.4 Å². The second-order valence-corrected chi connectivity index (χ2v) is 5.63. The van der Waals surface area contributed by atoms with Crippen molar-refractivity contribution in [1.82, 2.24) is 20.1 Å². The summed E-state index contributed by atoms with van der Waals surface area (Å²) in [4.78, 5) is 12.0. The predicted molar refractivity (Wildman–Crippen MR) is 86.3 cm³/mol. The van der Waals surface area contributed by atoms with Gasteiger partial charge in [0.15, 0.2) is 0 Å². The van der Waals surface area contributed by atoms with Gasteiger partial charge in [0.25, 0.3) is 0 Å². The molecule has 1 aromatic heterocycles. The Morgan fingerprint density at radius 3 is 2.73 bits per heavy atom. The average Bonchev–Trinajstić information content (AvgIpc) is 2.95. The van der Waals surface area contributed by atoms with E-state index < -0.39 is 0 Å². The van der Waals surface area contributed by atoms with Crippen molar-refractivity contribution >= 4 is 5.91 Å². The summed E-state index contributed by atoms with van der Waals surface area (Å²) in [5.74, 6) is 1.39. The summed E-state index contributed by atoms with van der Waals surface area (Å²) in [5, 5.41) is 10.8. The van der Waals surface area contributed by atoms with Crippen LogP contribution in [0.1, 0.15) is 31.2 Å². The first-order chi connectivity index (χ1) is 10.7. The minimum absolute atomic E-state index is 0.0783. The van der Waals surface area contributed by atoms with E-state index in [0.717, 1.165) is 25.2 Å². The zero-order valence-electron chi connectivity index (χ0n) is 13.3. The van der Waals surface area contributed by atoms with Crippen LogP contribution in [-0.4, -0.2) is 27.2 Å². The van der Waals surface area contributed by atoms with Crippen molar-refractivity contribution in [3.05, 3.63) is 48.0 Å². The third kappa shape index (κ3) is 4.98. The first-order valence-corrected chi connectivity index (χ1v) is 7.82. The van der Waals surface area contributed by atoms with Crippen molar-refractivity contribution in [3.8, 4) is 0 Å². The molecule has 1 aromatic carbocycles. The summed E-state index contributed by atoms with van der Waals surface area (Å²) >= 11 is 0. The standard InChI is InChI=1S/C17H24N4O/c1-3-14(11-15-7-5-4-6-8-15)12-18-17(22)10-9-16-20-19-13-21(16)2/h4-8,13-14H,3,9-12H2,1-2H3,(H,18,22)/t14-/m1/s1. The van der Waals surface area contributed by atoms with Crippen LogP contribution in [0, 0.1) is 5.92 Å². The number of aryl methyl sites for hydroxylation is 2. The topological polar surface area (TPSA) is 59.8 Å². The fraction of sp³-hybridized carbons (Fsp3) is 0.471. The lowest BCUT2D eigenvalue weighted by atomic mass is 9.97. The number of carbonyl (C=O) groups excluding carboxylic acids is 1. The molecule has 2 aromatic rings. The van der Waals surface area contributed by atoms with Crippen molar-refractivity contribution in [2.75, 3.05) is 6.54 Å². The first kappa shape index (κ1) is 16.2. The lowest BCUT2D eigenvalue weighted by Gasteiger charge is -2.16. The van der Waals surface area contributed by atoms with Gasteiger partial charge in [0.2, 0.25) is 5.91 Å². The molecule has 5 nitrogen and oxygen atoms in total. The van der Waals surface area contributed by atoms with E-state index in [0.29, 0.717) is 18.8 Å². The van der Waals surface area contributed by atoms with Gasteiger partial charge in [-0.25, -0.2) is 0 Å². The van der Waals surface area contributed by atoms with Gasteiger partial charge in [-0.05, 0) is 17.9 Å². The van der Waals surface area contributed by atoms with Crippen molar-refractivity contribution in [2.24, 2.45) is 13.0 Å². The predicted octanol–water partition coefficient (Wildman–Crippen LogP) is 2.13. The summed E-state index contributed by atoms with van der Waals surface area (Å²) in [6, 6.07) is 10.4. The Morgan fingerprint density at radius 1 is 1.32 bits per heavy atom. The third-order valence-electron chi connectivity index (χ3n) is 3.91. The fourth-order valence-electron chi connectivity index (χ4n) is 2.41. The number of hydrogen-bond donors (Lipinski definition) is 1. The Labute approximate surface area is 131 Å². The van der Waals surface area contributed by atoms with E-state index in [2.05, 4.69) is 46.7 Å². The van der Waals surface area contributed by atoms with Crippen LogP contribution in [0.5, 0.6) is 0 Å². The van der Waals surface area contributed by atoms with E-state index >= 15 is 0 Å². The van der Waals surface area contributed by atoms with Crippen molar-refractivity contribution in [1.29, 1.82) is 0 Å². The molecule has 0 saturated heterocycles. The Kier molecular flexibility index (Phi) is 6.13. The van der Waals surface area contributed by atoms with Crippen LogP contribution >= 0.6 is 0 Å². The molecule has 1 atom stereocenters. The van der Waals surface area contributed by atoms with E-state index in [1.165, 1.54) is 5.56 Å². The molecule has 1 N–H and O–H groups in total. The molecule has 22 heavy (non-hydrogen) atoms. The first-order valence-electron chi connectivity index (χ1n) is 7.82. The van der Waals surface area contributed by atoms with Gasteiger partial charge < -0.3 is 9.88 Å². The highest BCUT2D eigenvalue weighted by molar-refractivity contribution is 5.76. The number of nitrogens with zero attached hydrogens (tertiary/aromatic N) is 3. The maximum absolute atomic E-state index is 12.0. The number of benzene rings is 1. The van der Waals surface area contributed by atoms with Crippen LogP contribution < -0.4 is 5.32 Å². The number of rotatable bonds is 8. The molecule has 2 rings (SSSR count). The Balaban J connectivity index is 1.73. The van der Waals surface area contributed by atoms with E-state index in [1.807, 2.05) is 17.7 Å². The van der Waals surface area contributed by atoms with Crippen LogP contribution in [0.2, 0.25) is 0 Å². The zero-order valence-corrected chi connectivity index (χ0v) is 13.3. The number of hydrogen-bond acceptors (Lipinski definition) is 3. The van der Waals surface area contributed by atoms with Crippen LogP contribution in [0.15, 0.2) is 36.7 Å². The smallest absolute Gasteiger partial charge is 0.220 e. The number of carbonyl (C=O) groups is 1. The minimum Gasteiger partial charge on any atom is -0.356 e. The highest BCUT2D eigenvalue weighted by Crippen LogP contribution is 2.11. The number of amides is 1. The molecule has 1 amide bonds. The van der Waals surface area contributed by atoms with Crippen LogP contribution in [0.3, 0.4) is 0 Å². The van der Waals surface area contributed by atoms with Gasteiger partial charge in [0.1, 0.15) is 12.2 Å². The molecule has 0 fully saturated rings. The molecule has 0 aliphatic carbocycles. The number of nitrogens with one attached hydrogen (secondary N) is 1. The fourth-order valence-corrected chi connectivity index (χ4v) is 2.41. The van der Waals surface area contributed by atoms with Crippen molar-refractivity contribution < 1.29 is 4.79 Å². The second kappa shape index (κ2) is 8.32. The summed E-state index contributed by atoms with van der Waals surface area (Å²) in [5.41, 5.74) is 1.32. The number of aromatic nitrogens is 3. The van der Waals surface area contributed by atoms with Crippen LogP contribution in [0.25, 0.3) is 0 Å². The van der Waals surface area contributed by atoms with E-state index in [4.69, 9.17) is 0 Å². The van der Waals surface area contributed by atoms with E-state index in [-0.39, 0.29) is 5.91 Å². The molecule has 118 valence electrons. The summed E-state index contributed by atoms with van der Waals surface area (Å²) in [7, 11) is 1.89. The van der Waals surface area contributed by atoms with Gasteiger partial charge in [-0.2, -0.15) is 0 Å². The largest absolute Gasteiger partial charge is 0.356 e. The van der Waals surface area contributed by atoms with Gasteiger partial charge >= 0.3 is 0 Å². The molecular formula is C17H24N4O. The average molecular weight is 300 g/mol. The van der Waals surface area contributed by atoms with E-state index in [1.54, 1.807) is 6.33 Å². The Hall–Kier alpha value is -2.17. The lowest BCUT2D eigenvalue weighted by molar-refractivity contribution is -0.121. The summed E-state index contributed by atoms with van der Waals surface area (Å²) in [6.07, 6.45) is 4.78. The summed E-state index contributed by atoms with van der Waals surface area (Å²) in [6.45, 7) is 2.89. The minimum atomic E-state index is 0.0783. The summed E-state index contributed by atoms with van der Waals surface area (Å²) < 4.78 is 1.84. The van der Waals surface area contributed by atoms with Crippen LogP contribution in [0.4, 0.5) is 0 Å². The Morgan fingerprint density at radius 2 is 2.09 bits per heavy atom. The van der Waals surface area contributed by atoms with Crippen molar-refractivity contribution in [2.45, 2.75) is 32.6 Å². The maximum Gasteiger partial charge on any atom is 0.220 e. The second-order valence-electron chi connectivity index (χ2n) is 5.63. The SMILES string of the molecule is CC[C@@H](CNC(=O)CCc1nncn1C)Cc1ccccc1. The van der Waals surface area contributed by atoms with E-state index in [9.17, 15) is 4.79 Å². The monoisotopic (exact) mass is 300 g/mol. The highest BCUT2D eigenvalue weighted by Gasteiger charge is 2.10. The molecular weight excluding hydrogens is 276 g/mol. The molecule has 0 radical (unpaired) electrons.